The Balaban J connectivity index is 0.000000191. The maximum atomic E-state index is 10.7. The van der Waals surface area contributed by atoms with Crippen LogP contribution >= 0.6 is 0 Å². The summed E-state index contributed by atoms with van der Waals surface area (Å²) in [6.45, 7) is 25.0. The van der Waals surface area contributed by atoms with E-state index in [0.29, 0.717) is 0 Å². The largest absolute Gasteiger partial charge is 0.379 e. The first-order valence-corrected chi connectivity index (χ1v) is 30.4. The van der Waals surface area contributed by atoms with Crippen LogP contribution in [0.15, 0.2) is 146 Å². The van der Waals surface area contributed by atoms with Crippen molar-refractivity contribution in [3.63, 3.8) is 0 Å². The van der Waals surface area contributed by atoms with E-state index in [1.807, 2.05) is 128 Å². The van der Waals surface area contributed by atoms with Crippen molar-refractivity contribution in [3.8, 4) is 0 Å². The lowest BCUT2D eigenvalue weighted by atomic mass is 10.1. The van der Waals surface area contributed by atoms with Gasteiger partial charge in [-0.1, -0.05) is 128 Å². The molecule has 0 radical (unpaired) electrons. The van der Waals surface area contributed by atoms with Crippen molar-refractivity contribution >= 4 is 37.7 Å². The summed E-state index contributed by atoms with van der Waals surface area (Å²) in [5, 5.41) is 3.02. The van der Waals surface area contributed by atoms with Gasteiger partial charge in [0.15, 0.2) is 0 Å². The van der Waals surface area contributed by atoms with Gasteiger partial charge >= 0.3 is 0 Å². The van der Waals surface area contributed by atoms with Crippen molar-refractivity contribution in [2.24, 2.45) is 0 Å². The molecular formula is C71H94N8O8. The van der Waals surface area contributed by atoms with Crippen molar-refractivity contribution in [1.82, 2.24) is 39.6 Å². The molecule has 4 aliphatic heterocycles. The molecule has 10 rings (SSSR count). The fraction of sp³-hybridized carbons (Fsp3) is 0.408. The summed E-state index contributed by atoms with van der Waals surface area (Å²) in [7, 11) is 8.30. The molecule has 6 aromatic carbocycles. The molecule has 4 fully saturated rings. The van der Waals surface area contributed by atoms with Gasteiger partial charge in [-0.15, -0.1) is 0 Å². The van der Waals surface area contributed by atoms with Crippen LogP contribution in [-0.4, -0.2) is 212 Å². The number of nitrogens with zero attached hydrogens (tertiary/aromatic N) is 7. The van der Waals surface area contributed by atoms with Crippen LogP contribution in [0.5, 0.6) is 0 Å². The molecule has 1 N–H and O–H groups in total. The highest BCUT2D eigenvalue weighted by Crippen LogP contribution is 2.14. The Bertz CT molecular complexity index is 2900. The number of ether oxygens (including phenoxy) is 2. The minimum absolute atomic E-state index is 0.734. The number of aldehydes is 6. The van der Waals surface area contributed by atoms with E-state index in [1.165, 1.54) is 27.8 Å². The molecule has 0 aliphatic carbocycles. The predicted molar refractivity (Wildman–Crippen MR) is 348 cm³/mol. The minimum atomic E-state index is 0.734. The van der Waals surface area contributed by atoms with Gasteiger partial charge in [0.25, 0.3) is 0 Å². The number of carbonyl (C=O) groups excluding carboxylic acids is 6. The van der Waals surface area contributed by atoms with E-state index in [9.17, 15) is 28.8 Å². The van der Waals surface area contributed by atoms with Gasteiger partial charge in [0.2, 0.25) is 0 Å². The molecule has 4 aliphatic rings. The molecule has 4 saturated heterocycles. The summed E-state index contributed by atoms with van der Waals surface area (Å²) in [6.07, 6.45) is 6.47. The van der Waals surface area contributed by atoms with E-state index >= 15 is 0 Å². The number of likely N-dealkylation sites (N-methyl/N-ethyl adjacent to an activating group) is 2. The molecule has 0 aromatic heterocycles. The van der Waals surface area contributed by atoms with Crippen LogP contribution in [0.2, 0.25) is 0 Å². The molecule has 0 unspecified atom stereocenters. The number of hydrogen-bond acceptors (Lipinski definition) is 16. The van der Waals surface area contributed by atoms with E-state index in [-0.39, 0.29) is 0 Å². The van der Waals surface area contributed by atoms with Crippen LogP contribution in [0.25, 0.3) is 0 Å². The fourth-order valence-corrected chi connectivity index (χ4v) is 10.0. The lowest BCUT2D eigenvalue weighted by Crippen LogP contribution is -2.43. The zero-order valence-corrected chi connectivity index (χ0v) is 52.2. The van der Waals surface area contributed by atoms with Crippen LogP contribution in [-0.2, 0) is 48.7 Å². The third-order valence-corrected chi connectivity index (χ3v) is 15.0. The van der Waals surface area contributed by atoms with E-state index in [4.69, 9.17) is 9.47 Å². The number of benzene rings is 6. The Morgan fingerprint density at radius 3 is 1.05 bits per heavy atom. The van der Waals surface area contributed by atoms with Gasteiger partial charge in [0, 0.05) is 151 Å². The Morgan fingerprint density at radius 1 is 0.391 bits per heavy atom. The number of rotatable bonds is 20. The molecule has 0 amide bonds. The smallest absolute Gasteiger partial charge is 0.150 e. The van der Waals surface area contributed by atoms with Gasteiger partial charge in [0.1, 0.15) is 37.7 Å². The predicted octanol–water partition coefficient (Wildman–Crippen LogP) is 8.72. The number of carbonyl (C=O) groups is 6. The number of piperazine rings is 2. The van der Waals surface area contributed by atoms with Crippen molar-refractivity contribution in [2.45, 2.75) is 52.6 Å². The number of nitrogens with one attached hydrogen (secondary N) is 1. The van der Waals surface area contributed by atoms with Gasteiger partial charge in [-0.2, -0.15) is 0 Å². The highest BCUT2D eigenvalue weighted by Gasteiger charge is 2.16. The number of hydrogen-bond donors (Lipinski definition) is 1. The second kappa shape index (κ2) is 41.9. The van der Waals surface area contributed by atoms with Crippen LogP contribution in [0, 0.1) is 0 Å². The molecule has 16 heteroatoms. The van der Waals surface area contributed by atoms with Gasteiger partial charge in [0.05, 0.1) is 26.4 Å². The monoisotopic (exact) mass is 1190 g/mol. The van der Waals surface area contributed by atoms with Crippen molar-refractivity contribution in [3.05, 3.63) is 212 Å². The van der Waals surface area contributed by atoms with Crippen molar-refractivity contribution in [2.75, 3.05) is 140 Å². The summed E-state index contributed by atoms with van der Waals surface area (Å²) in [5.41, 5.74) is 11.8. The second-order valence-corrected chi connectivity index (χ2v) is 22.4. The average Bonchev–Trinajstić information content (AvgIpc) is 3.64. The zero-order valence-electron chi connectivity index (χ0n) is 52.2. The minimum Gasteiger partial charge on any atom is -0.379 e. The fourth-order valence-electron chi connectivity index (χ4n) is 10.0. The van der Waals surface area contributed by atoms with Gasteiger partial charge in [-0.05, 0) is 98.8 Å². The normalized spacial score (nSPS) is 15.8. The second-order valence-electron chi connectivity index (χ2n) is 22.4. The average molecular weight is 1190 g/mol. The highest BCUT2D eigenvalue weighted by atomic mass is 16.5. The van der Waals surface area contributed by atoms with Crippen molar-refractivity contribution in [1.29, 1.82) is 0 Å². The molecule has 466 valence electrons. The molecule has 4 heterocycles. The van der Waals surface area contributed by atoms with E-state index in [2.05, 4.69) is 85.9 Å². The maximum absolute atomic E-state index is 10.7. The SMILES string of the molecule is CCCN(C)Cc1cccc(C=O)c1.CN1CCN(Cc2ccc(C=O)cc2)CC1.CN1CCN(Cc2cccc(C=O)c2)CC1.CNCc1cccc(C=O)c1.O=Cc1ccc(CN2CCOCC2)cc1.O=Cc1cccc(CN2CCOCC2)c1. The molecular weight excluding hydrogens is 1090 g/mol. The lowest BCUT2D eigenvalue weighted by molar-refractivity contribution is 0.0341. The van der Waals surface area contributed by atoms with Gasteiger partial charge < -0.3 is 29.5 Å². The summed E-state index contributed by atoms with van der Waals surface area (Å²) < 4.78 is 10.6. The lowest BCUT2D eigenvalue weighted by Gasteiger charge is -2.32. The zero-order chi connectivity index (χ0) is 62.3. The molecule has 87 heavy (non-hydrogen) atoms. The summed E-state index contributed by atoms with van der Waals surface area (Å²) in [4.78, 5) is 79.7. The Hall–Kier alpha value is -7.06. The Labute approximate surface area is 518 Å². The van der Waals surface area contributed by atoms with E-state index in [1.54, 1.807) is 6.07 Å². The molecule has 0 spiro atoms. The first-order chi connectivity index (χ1) is 42.4. The van der Waals surface area contributed by atoms with E-state index in [0.717, 1.165) is 234 Å². The van der Waals surface area contributed by atoms with Crippen LogP contribution < -0.4 is 5.32 Å². The van der Waals surface area contributed by atoms with Gasteiger partial charge in [-0.3, -0.25) is 48.4 Å². The van der Waals surface area contributed by atoms with Crippen LogP contribution in [0.3, 0.4) is 0 Å². The van der Waals surface area contributed by atoms with Gasteiger partial charge in [-0.25, -0.2) is 0 Å². The Morgan fingerprint density at radius 2 is 0.701 bits per heavy atom. The molecule has 0 atom stereocenters. The third kappa shape index (κ3) is 29.0. The van der Waals surface area contributed by atoms with Crippen molar-refractivity contribution < 1.29 is 38.2 Å². The molecule has 6 aromatic rings. The first kappa shape index (κ1) is 70.7. The summed E-state index contributed by atoms with van der Waals surface area (Å²) in [5.74, 6) is 0. The maximum Gasteiger partial charge on any atom is 0.150 e. The highest BCUT2D eigenvalue weighted by molar-refractivity contribution is 5.77. The molecule has 0 bridgehead atoms. The standard InChI is InChI=1S/2C13H18N2O.2C12H15NO2.C12H17NO.C9H11NO/c1-14-6-8-15(9-7-14)10-12-2-4-13(11-16)5-3-12;1-14-5-7-15(8-6-14)10-12-3-2-4-13(9-12)11-16;14-10-12-3-1-11(2-4-12)9-13-5-7-15-8-6-13;14-10-12-3-1-2-11(8-12)9-13-4-6-15-7-5-13;1-3-7-13(2)9-11-5-4-6-12(8-11)10-14;1-10-6-8-3-2-4-9(5-8)7-11/h2-5,11H,6-10H2,1H3;2-4,9,11H,5-8,10H2,1H3;1-4,10H,5-9H2;1-3,8,10H,4-7,9H2;4-6,8,10H,3,7,9H2,1-2H3;2-5,7,10H,6H2,1H3. The van der Waals surface area contributed by atoms with E-state index < -0.39 is 0 Å². The summed E-state index contributed by atoms with van der Waals surface area (Å²) in [6, 6.07) is 46.6. The third-order valence-electron chi connectivity index (χ3n) is 15.0. The topological polar surface area (TPSA) is 156 Å². The summed E-state index contributed by atoms with van der Waals surface area (Å²) >= 11 is 0. The number of morpholine rings is 2. The van der Waals surface area contributed by atoms with Crippen LogP contribution in [0.1, 0.15) is 109 Å². The molecule has 16 nitrogen and oxygen atoms in total. The first-order valence-electron chi connectivity index (χ1n) is 30.4. The van der Waals surface area contributed by atoms with Crippen LogP contribution in [0.4, 0.5) is 0 Å². The quantitative estimate of drug-likeness (QED) is 0.0724. The molecule has 0 saturated carbocycles. The Kier molecular flexibility index (Phi) is 34.1.